The highest BCUT2D eigenvalue weighted by Gasteiger charge is 2.48. The molecule has 16 heteroatoms. The molecule has 6 N–H and O–H groups in total. The van der Waals surface area contributed by atoms with Crippen LogP contribution in [0, 0.1) is 5.41 Å². The molecule has 2 amide bonds. The Bertz CT molecular complexity index is 1200. The summed E-state index contributed by atoms with van der Waals surface area (Å²) in [5.74, 6) is -2.21. The average Bonchev–Trinajstić information content (AvgIpc) is 2.99. The van der Waals surface area contributed by atoms with Crippen LogP contribution in [-0.4, -0.2) is 151 Å². The molecule has 1 aromatic rings. The molecule has 280 valence electrons. The highest BCUT2D eigenvalue weighted by molar-refractivity contribution is 5.93. The first-order valence-electron chi connectivity index (χ1n) is 16.3. The number of carboxylic acid groups (broad SMARTS) is 1. The lowest BCUT2D eigenvalue weighted by atomic mass is 9.96. The maximum absolute atomic E-state index is 13.1. The van der Waals surface area contributed by atoms with Crippen molar-refractivity contribution >= 4 is 23.7 Å². The molecular formula is C33H56N4O12. The van der Waals surface area contributed by atoms with E-state index < -0.39 is 48.7 Å². The van der Waals surface area contributed by atoms with Crippen molar-refractivity contribution < 1.29 is 58.5 Å². The number of hydrogen-bond donors (Lipinski definition) is 6. The number of nitrogens with one attached hydrogen (secondary N) is 2. The van der Waals surface area contributed by atoms with E-state index >= 15 is 0 Å². The van der Waals surface area contributed by atoms with E-state index in [1.807, 2.05) is 60.5 Å². The molecule has 16 nitrogen and oxygen atoms in total. The molecule has 0 bridgehead atoms. The van der Waals surface area contributed by atoms with Gasteiger partial charge in [-0.3, -0.25) is 4.79 Å². The number of benzene rings is 1. The second-order valence-corrected chi connectivity index (χ2v) is 14.4. The Morgan fingerprint density at radius 2 is 1.59 bits per heavy atom. The summed E-state index contributed by atoms with van der Waals surface area (Å²) in [5, 5.41) is 46.1. The number of ether oxygens (including phenoxy) is 5. The van der Waals surface area contributed by atoms with Gasteiger partial charge in [-0.15, -0.1) is 0 Å². The Labute approximate surface area is 288 Å². The van der Waals surface area contributed by atoms with Gasteiger partial charge in [-0.05, 0) is 58.0 Å². The number of anilines is 1. The van der Waals surface area contributed by atoms with Crippen molar-refractivity contribution in [2.75, 3.05) is 72.0 Å². The third kappa shape index (κ3) is 15.6. The Hall–Kier alpha value is -3.09. The largest absolute Gasteiger partial charge is 0.479 e. The maximum atomic E-state index is 13.1. The summed E-state index contributed by atoms with van der Waals surface area (Å²) in [6.45, 7) is 14.8. The van der Waals surface area contributed by atoms with Crippen molar-refractivity contribution in [3.63, 3.8) is 0 Å². The van der Waals surface area contributed by atoms with Gasteiger partial charge in [-0.25, -0.2) is 9.59 Å². The van der Waals surface area contributed by atoms with Gasteiger partial charge in [0.05, 0.1) is 25.5 Å². The summed E-state index contributed by atoms with van der Waals surface area (Å²) >= 11 is 0. The molecule has 0 unspecified atom stereocenters. The van der Waals surface area contributed by atoms with E-state index in [1.54, 1.807) is 11.0 Å². The number of carbonyl (C=O) groups is 3. The second kappa shape index (κ2) is 19.3. The lowest BCUT2D eigenvalue weighted by Gasteiger charge is -2.38. The average molecular weight is 701 g/mol. The first kappa shape index (κ1) is 42.1. The smallest absolute Gasteiger partial charge is 0.410 e. The first-order chi connectivity index (χ1) is 22.8. The molecule has 0 radical (unpaired) electrons. The zero-order valence-corrected chi connectivity index (χ0v) is 29.9. The number of carboxylic acids is 1. The van der Waals surface area contributed by atoms with Crippen LogP contribution in [0.3, 0.4) is 0 Å². The van der Waals surface area contributed by atoms with Gasteiger partial charge in [0.15, 0.2) is 6.10 Å². The van der Waals surface area contributed by atoms with Gasteiger partial charge in [0.2, 0.25) is 12.2 Å². The number of aliphatic hydroxyl groups is 3. The fourth-order valence-corrected chi connectivity index (χ4v) is 4.58. The van der Waals surface area contributed by atoms with E-state index in [9.17, 15) is 34.8 Å². The minimum absolute atomic E-state index is 0.0295. The van der Waals surface area contributed by atoms with Gasteiger partial charge in [0.1, 0.15) is 37.3 Å². The highest BCUT2D eigenvalue weighted by atomic mass is 16.7. The number of aliphatic hydroxyl groups excluding tert-OH is 3. The topological polar surface area (TPSA) is 209 Å². The number of hydrogen-bond acceptors (Lipinski definition) is 13. The number of nitrogens with zero attached hydrogens (tertiary/aromatic N) is 2. The van der Waals surface area contributed by atoms with E-state index in [1.165, 1.54) is 12.1 Å². The molecule has 0 aliphatic carbocycles. The SMILES string of the molecule is CN(C)CCN(CC(C)(C)C)C(=O)OCc1ccc(O[C@@H]2O[C@H](C(=O)O)[C@@H](O)[C@H](O)[C@H]2O)c(NC(=O)COCCOCCNC(C)(C)C)c1. The van der Waals surface area contributed by atoms with Crippen molar-refractivity contribution in [2.24, 2.45) is 5.41 Å². The number of carbonyl (C=O) groups excluding carboxylic acids is 2. The van der Waals surface area contributed by atoms with Crippen LogP contribution in [0.4, 0.5) is 10.5 Å². The Morgan fingerprint density at radius 3 is 2.20 bits per heavy atom. The van der Waals surface area contributed by atoms with E-state index in [0.717, 1.165) is 0 Å². The van der Waals surface area contributed by atoms with Crippen LogP contribution in [0.25, 0.3) is 0 Å². The molecule has 1 saturated heterocycles. The maximum Gasteiger partial charge on any atom is 0.410 e. The lowest BCUT2D eigenvalue weighted by Crippen LogP contribution is -2.61. The molecule has 1 heterocycles. The third-order valence-corrected chi connectivity index (χ3v) is 6.98. The van der Waals surface area contributed by atoms with Crippen LogP contribution in [0.2, 0.25) is 0 Å². The molecule has 0 saturated carbocycles. The molecule has 49 heavy (non-hydrogen) atoms. The molecule has 5 atom stereocenters. The van der Waals surface area contributed by atoms with Crippen LogP contribution in [0.15, 0.2) is 18.2 Å². The number of rotatable bonds is 18. The number of aliphatic carboxylic acids is 1. The van der Waals surface area contributed by atoms with Crippen molar-refractivity contribution in [1.29, 1.82) is 0 Å². The quantitative estimate of drug-likeness (QED) is 0.118. The molecular weight excluding hydrogens is 644 g/mol. The Kier molecular flexibility index (Phi) is 16.6. The van der Waals surface area contributed by atoms with E-state index in [-0.39, 0.29) is 48.8 Å². The van der Waals surface area contributed by atoms with E-state index in [2.05, 4.69) is 10.6 Å². The summed E-state index contributed by atoms with van der Waals surface area (Å²) in [5.41, 5.74) is 0.336. The number of amides is 2. The summed E-state index contributed by atoms with van der Waals surface area (Å²) in [6, 6.07) is 4.43. The van der Waals surface area contributed by atoms with Gasteiger partial charge in [-0.2, -0.15) is 0 Å². The monoisotopic (exact) mass is 700 g/mol. The Morgan fingerprint density at radius 1 is 0.918 bits per heavy atom. The van der Waals surface area contributed by atoms with Crippen molar-refractivity contribution in [3.8, 4) is 5.75 Å². The van der Waals surface area contributed by atoms with Crippen LogP contribution in [-0.2, 0) is 35.1 Å². The van der Waals surface area contributed by atoms with Crippen molar-refractivity contribution in [2.45, 2.75) is 84.4 Å². The summed E-state index contributed by atoms with van der Waals surface area (Å²) in [6.07, 6.45) is -9.74. The normalized spacial score (nSPS) is 21.3. The van der Waals surface area contributed by atoms with E-state index in [0.29, 0.717) is 38.3 Å². The molecule has 0 aromatic heterocycles. The molecule has 1 aliphatic heterocycles. The number of likely N-dealkylation sites (N-methyl/N-ethyl adjacent to an activating group) is 1. The first-order valence-corrected chi connectivity index (χ1v) is 16.3. The minimum atomic E-state index is -1.91. The summed E-state index contributed by atoms with van der Waals surface area (Å²) < 4.78 is 27.5. The highest BCUT2D eigenvalue weighted by Crippen LogP contribution is 2.31. The lowest BCUT2D eigenvalue weighted by molar-refractivity contribution is -0.271. The summed E-state index contributed by atoms with van der Waals surface area (Å²) in [4.78, 5) is 41.1. The third-order valence-electron chi connectivity index (χ3n) is 6.98. The second-order valence-electron chi connectivity index (χ2n) is 14.4. The zero-order valence-electron chi connectivity index (χ0n) is 29.9. The predicted octanol–water partition coefficient (Wildman–Crippen LogP) is 0.864. The molecule has 1 aliphatic rings. The van der Waals surface area contributed by atoms with Gasteiger partial charge in [0.25, 0.3) is 0 Å². The summed E-state index contributed by atoms with van der Waals surface area (Å²) in [7, 11) is 3.82. The van der Waals surface area contributed by atoms with Crippen LogP contribution >= 0.6 is 0 Å². The van der Waals surface area contributed by atoms with E-state index in [4.69, 9.17) is 23.7 Å². The standard InChI is InChI=1S/C33H56N4O12/c1-32(2,3)20-37(13-12-36(7)8)31(44)47-18-21-9-10-23(48-30-27(41)25(39)26(40)28(49-30)29(42)43)22(17-21)35-24(38)19-46-16-15-45-14-11-34-33(4,5)6/h9-10,17,25-28,30,34,39-41H,11-16,18-20H2,1-8H3,(H,35,38)(H,42,43)/t25-,26-,27+,28-,30+/m0/s1. The molecule has 1 aromatic carbocycles. The van der Waals surface area contributed by atoms with Crippen LogP contribution < -0.4 is 15.4 Å². The molecule has 2 rings (SSSR count). The Balaban J connectivity index is 2.15. The van der Waals surface area contributed by atoms with Crippen molar-refractivity contribution in [3.05, 3.63) is 23.8 Å². The van der Waals surface area contributed by atoms with Gasteiger partial charge in [-0.1, -0.05) is 26.8 Å². The minimum Gasteiger partial charge on any atom is -0.479 e. The molecule has 0 spiro atoms. The van der Waals surface area contributed by atoms with Crippen LogP contribution in [0.1, 0.15) is 47.1 Å². The van der Waals surface area contributed by atoms with Gasteiger partial charge < -0.3 is 64.5 Å². The van der Waals surface area contributed by atoms with Crippen molar-refractivity contribution in [1.82, 2.24) is 15.1 Å². The van der Waals surface area contributed by atoms with Gasteiger partial charge in [0, 0.05) is 31.7 Å². The van der Waals surface area contributed by atoms with Crippen LogP contribution in [0.5, 0.6) is 5.75 Å². The molecule has 1 fully saturated rings. The zero-order chi connectivity index (χ0) is 36.9. The van der Waals surface area contributed by atoms with Gasteiger partial charge >= 0.3 is 12.1 Å². The predicted molar refractivity (Wildman–Crippen MR) is 179 cm³/mol. The fraction of sp³-hybridized carbons (Fsp3) is 0.727. The fourth-order valence-electron chi connectivity index (χ4n) is 4.58.